The predicted octanol–water partition coefficient (Wildman–Crippen LogP) is 3.96. The van der Waals surface area contributed by atoms with Crippen LogP contribution in [0.25, 0.3) is 0 Å². The van der Waals surface area contributed by atoms with E-state index in [1.54, 1.807) is 24.3 Å². The van der Waals surface area contributed by atoms with Gasteiger partial charge in [0.2, 0.25) is 5.91 Å². The van der Waals surface area contributed by atoms with Crippen molar-refractivity contribution in [3.63, 3.8) is 0 Å². The summed E-state index contributed by atoms with van der Waals surface area (Å²) in [4.78, 5) is 33.2. The summed E-state index contributed by atoms with van der Waals surface area (Å²) in [6.45, 7) is 1.41. The van der Waals surface area contributed by atoms with E-state index in [9.17, 15) is 9.59 Å². The predicted molar refractivity (Wildman–Crippen MR) is 119 cm³/mol. The maximum atomic E-state index is 13.4. The molecule has 1 N–H and O–H groups in total. The first-order valence-electron chi connectivity index (χ1n) is 11.5. The standard InChI is InChI=1S/C24H29ClN4O2/c25-18-8-5-7-17(12-18)24(31)29-20-9-2-1-6-16(20)13-21(29)23(30)26-14-19-15-28-11-4-3-10-22(28)27-19/h5,7-8,12,15-16,20-21H,1-4,6,9-11,13-14H2,(H,26,30). The van der Waals surface area contributed by atoms with E-state index in [1.807, 2.05) is 4.90 Å². The number of fused-ring (bicyclic) bond motifs is 2. The summed E-state index contributed by atoms with van der Waals surface area (Å²) >= 11 is 6.13. The minimum absolute atomic E-state index is 0.0734. The zero-order valence-electron chi connectivity index (χ0n) is 17.7. The molecular weight excluding hydrogens is 412 g/mol. The molecule has 1 saturated heterocycles. The number of carbonyl (C=O) groups is 2. The number of halogens is 1. The van der Waals surface area contributed by atoms with Gasteiger partial charge in [0.1, 0.15) is 11.9 Å². The summed E-state index contributed by atoms with van der Waals surface area (Å²) in [5.41, 5.74) is 1.45. The third-order valence-electron chi connectivity index (χ3n) is 7.10. The van der Waals surface area contributed by atoms with Crippen molar-refractivity contribution in [3.8, 4) is 0 Å². The Kier molecular flexibility index (Phi) is 5.74. The van der Waals surface area contributed by atoms with Gasteiger partial charge in [-0.3, -0.25) is 9.59 Å². The fourth-order valence-electron chi connectivity index (χ4n) is 5.61. The van der Waals surface area contributed by atoms with E-state index >= 15 is 0 Å². The highest BCUT2D eigenvalue weighted by atomic mass is 35.5. The van der Waals surface area contributed by atoms with Crippen molar-refractivity contribution in [1.29, 1.82) is 0 Å². The Morgan fingerprint density at radius 1 is 1.16 bits per heavy atom. The van der Waals surface area contributed by atoms with E-state index < -0.39 is 6.04 Å². The fraction of sp³-hybridized carbons (Fsp3) is 0.542. The van der Waals surface area contributed by atoms with Crippen molar-refractivity contribution in [1.82, 2.24) is 19.8 Å². The summed E-state index contributed by atoms with van der Waals surface area (Å²) in [6, 6.07) is 6.74. The first-order chi connectivity index (χ1) is 15.1. The second kappa shape index (κ2) is 8.65. The number of hydrogen-bond donors (Lipinski definition) is 1. The van der Waals surface area contributed by atoms with Crippen molar-refractivity contribution < 1.29 is 9.59 Å². The molecule has 3 heterocycles. The lowest BCUT2D eigenvalue weighted by molar-refractivity contribution is -0.125. The molecule has 2 aliphatic heterocycles. The Hall–Kier alpha value is -2.34. The fourth-order valence-corrected chi connectivity index (χ4v) is 5.80. The number of benzene rings is 1. The van der Waals surface area contributed by atoms with Gasteiger partial charge >= 0.3 is 0 Å². The highest BCUT2D eigenvalue weighted by Gasteiger charge is 2.47. The van der Waals surface area contributed by atoms with Gasteiger partial charge in [-0.2, -0.15) is 0 Å². The van der Waals surface area contributed by atoms with Gasteiger partial charge < -0.3 is 14.8 Å². The van der Waals surface area contributed by atoms with E-state index in [2.05, 4.69) is 21.1 Å². The van der Waals surface area contributed by atoms with Crippen molar-refractivity contribution in [3.05, 3.63) is 52.6 Å². The van der Waals surface area contributed by atoms with Crippen LogP contribution in [0.5, 0.6) is 0 Å². The van der Waals surface area contributed by atoms with E-state index in [0.29, 0.717) is 23.0 Å². The monoisotopic (exact) mass is 440 g/mol. The summed E-state index contributed by atoms with van der Waals surface area (Å²) in [6.07, 6.45) is 10.5. The van der Waals surface area contributed by atoms with Gasteiger partial charge in [0, 0.05) is 35.8 Å². The largest absolute Gasteiger partial charge is 0.349 e. The average Bonchev–Trinajstić information content (AvgIpc) is 3.38. The third kappa shape index (κ3) is 4.10. The maximum absolute atomic E-state index is 13.4. The molecule has 0 bridgehead atoms. The van der Waals surface area contributed by atoms with Gasteiger partial charge in [-0.1, -0.05) is 30.5 Å². The number of imidazole rings is 1. The number of carbonyl (C=O) groups excluding carboxylic acids is 2. The molecule has 3 atom stereocenters. The van der Waals surface area contributed by atoms with Crippen molar-refractivity contribution >= 4 is 23.4 Å². The molecule has 3 unspecified atom stereocenters. The van der Waals surface area contributed by atoms with Crippen LogP contribution in [-0.4, -0.2) is 38.3 Å². The van der Waals surface area contributed by atoms with Gasteiger partial charge in [0.15, 0.2) is 0 Å². The normalized spacial score (nSPS) is 25.1. The topological polar surface area (TPSA) is 67.2 Å². The molecule has 164 valence electrons. The van der Waals surface area contributed by atoms with Crippen molar-refractivity contribution in [2.75, 3.05) is 0 Å². The van der Waals surface area contributed by atoms with Crippen LogP contribution in [-0.2, 0) is 24.3 Å². The zero-order valence-corrected chi connectivity index (χ0v) is 18.5. The van der Waals surface area contributed by atoms with Crippen LogP contribution in [0.15, 0.2) is 30.5 Å². The second-order valence-electron chi connectivity index (χ2n) is 9.10. The lowest BCUT2D eigenvalue weighted by Crippen LogP contribution is -2.49. The van der Waals surface area contributed by atoms with Gasteiger partial charge in [-0.05, 0) is 56.2 Å². The molecule has 6 nitrogen and oxygen atoms in total. The first kappa shape index (κ1) is 20.6. The Morgan fingerprint density at radius 2 is 2.03 bits per heavy atom. The Labute approximate surface area is 188 Å². The summed E-state index contributed by atoms with van der Waals surface area (Å²) in [7, 11) is 0. The quantitative estimate of drug-likeness (QED) is 0.782. The Morgan fingerprint density at radius 3 is 2.87 bits per heavy atom. The zero-order chi connectivity index (χ0) is 21.4. The number of aromatic nitrogens is 2. The summed E-state index contributed by atoms with van der Waals surface area (Å²) in [5.74, 6) is 1.35. The molecular formula is C24H29ClN4O2. The molecule has 1 aromatic heterocycles. The van der Waals surface area contributed by atoms with Crippen LogP contribution in [0.2, 0.25) is 5.02 Å². The molecule has 1 aliphatic carbocycles. The second-order valence-corrected chi connectivity index (χ2v) is 9.54. The number of rotatable bonds is 4. The lowest BCUT2D eigenvalue weighted by Gasteiger charge is -2.33. The van der Waals surface area contributed by atoms with Gasteiger partial charge in [0.05, 0.1) is 12.2 Å². The van der Waals surface area contributed by atoms with Gasteiger partial charge in [-0.15, -0.1) is 0 Å². The van der Waals surface area contributed by atoms with Crippen molar-refractivity contribution in [2.45, 2.75) is 76.5 Å². The molecule has 5 rings (SSSR count). The molecule has 3 aliphatic rings. The van der Waals surface area contributed by atoms with Gasteiger partial charge in [0.25, 0.3) is 5.91 Å². The van der Waals surface area contributed by atoms with E-state index in [0.717, 1.165) is 50.2 Å². The number of nitrogens with one attached hydrogen (secondary N) is 1. The average molecular weight is 441 g/mol. The molecule has 1 saturated carbocycles. The van der Waals surface area contributed by atoms with Crippen LogP contribution in [0, 0.1) is 5.92 Å². The number of amides is 2. The SMILES string of the molecule is O=C(NCc1cn2c(n1)CCCC2)C1CC2CCCCC2N1C(=O)c1cccc(Cl)c1. The molecule has 0 radical (unpaired) electrons. The van der Waals surface area contributed by atoms with E-state index in [4.69, 9.17) is 11.6 Å². The maximum Gasteiger partial charge on any atom is 0.254 e. The summed E-state index contributed by atoms with van der Waals surface area (Å²) in [5, 5.41) is 3.61. The Bertz CT molecular complexity index is 964. The Balaban J connectivity index is 1.33. The van der Waals surface area contributed by atoms with E-state index in [1.165, 1.54) is 19.3 Å². The van der Waals surface area contributed by atoms with Crippen LogP contribution in [0.1, 0.15) is 66.8 Å². The lowest BCUT2D eigenvalue weighted by atomic mass is 9.84. The number of aryl methyl sites for hydroxylation is 2. The molecule has 2 fully saturated rings. The highest BCUT2D eigenvalue weighted by molar-refractivity contribution is 6.31. The highest BCUT2D eigenvalue weighted by Crippen LogP contribution is 2.40. The first-order valence-corrected chi connectivity index (χ1v) is 11.9. The van der Waals surface area contributed by atoms with Crippen LogP contribution in [0.3, 0.4) is 0 Å². The molecule has 2 aromatic rings. The van der Waals surface area contributed by atoms with E-state index in [-0.39, 0.29) is 17.9 Å². The smallest absolute Gasteiger partial charge is 0.254 e. The molecule has 1 aromatic carbocycles. The number of nitrogens with zero attached hydrogens (tertiary/aromatic N) is 3. The van der Waals surface area contributed by atoms with Crippen molar-refractivity contribution in [2.24, 2.45) is 5.92 Å². The number of likely N-dealkylation sites (tertiary alicyclic amines) is 1. The minimum Gasteiger partial charge on any atom is -0.349 e. The van der Waals surface area contributed by atoms with Crippen LogP contribution >= 0.6 is 11.6 Å². The molecule has 31 heavy (non-hydrogen) atoms. The minimum atomic E-state index is -0.433. The van der Waals surface area contributed by atoms with Crippen LogP contribution < -0.4 is 5.32 Å². The third-order valence-corrected chi connectivity index (χ3v) is 7.33. The molecule has 7 heteroatoms. The number of hydrogen-bond acceptors (Lipinski definition) is 3. The molecule has 2 amide bonds. The van der Waals surface area contributed by atoms with Crippen LogP contribution in [0.4, 0.5) is 0 Å². The summed E-state index contributed by atoms with van der Waals surface area (Å²) < 4.78 is 2.20. The molecule has 0 spiro atoms. The van der Waals surface area contributed by atoms with Gasteiger partial charge in [-0.25, -0.2) is 4.98 Å².